The zero-order valence-electron chi connectivity index (χ0n) is 25.3. The van der Waals surface area contributed by atoms with Gasteiger partial charge >= 0.3 is 0 Å². The average molecular weight is 583 g/mol. The average Bonchev–Trinajstić information content (AvgIpc) is 3.14. The normalized spacial score (nSPS) is 11.5. The predicted octanol–water partition coefficient (Wildman–Crippen LogP) is 13.0. The number of hydrogen-bond acceptors (Lipinski definition) is 0. The van der Waals surface area contributed by atoms with Crippen molar-refractivity contribution in [3.8, 4) is 44.5 Å². The molecule has 0 bridgehead atoms. The molecular formula is C46H30. The summed E-state index contributed by atoms with van der Waals surface area (Å²) in [6.45, 7) is 0. The van der Waals surface area contributed by atoms with Crippen molar-refractivity contribution in [1.82, 2.24) is 0 Å². The highest BCUT2D eigenvalue weighted by atomic mass is 14.2. The first-order valence-corrected chi connectivity index (χ1v) is 15.9. The Morgan fingerprint density at radius 1 is 0.217 bits per heavy atom. The fourth-order valence-electron chi connectivity index (χ4n) is 7.17. The van der Waals surface area contributed by atoms with Gasteiger partial charge in [-0.2, -0.15) is 0 Å². The van der Waals surface area contributed by atoms with Crippen molar-refractivity contribution in [3.05, 3.63) is 182 Å². The number of benzene rings is 9. The van der Waals surface area contributed by atoms with Crippen LogP contribution in [0.2, 0.25) is 0 Å². The molecule has 0 saturated carbocycles. The minimum absolute atomic E-state index is 1.23. The summed E-state index contributed by atoms with van der Waals surface area (Å²) in [4.78, 5) is 0. The molecule has 214 valence electrons. The van der Waals surface area contributed by atoms with Crippen molar-refractivity contribution in [2.45, 2.75) is 0 Å². The molecule has 46 heavy (non-hydrogen) atoms. The summed E-state index contributed by atoms with van der Waals surface area (Å²) >= 11 is 0. The Kier molecular flexibility index (Phi) is 6.25. The third-order valence-electron chi connectivity index (χ3n) is 9.42. The molecule has 0 heteroatoms. The third kappa shape index (κ3) is 4.47. The Morgan fingerprint density at radius 2 is 0.696 bits per heavy atom. The van der Waals surface area contributed by atoms with Crippen molar-refractivity contribution in [2.24, 2.45) is 0 Å². The second-order valence-electron chi connectivity index (χ2n) is 12.1. The van der Waals surface area contributed by atoms with Gasteiger partial charge in [0.25, 0.3) is 0 Å². The van der Waals surface area contributed by atoms with Gasteiger partial charge < -0.3 is 0 Å². The molecule has 0 fully saturated rings. The van der Waals surface area contributed by atoms with Crippen LogP contribution in [0.3, 0.4) is 0 Å². The number of rotatable bonds is 4. The van der Waals surface area contributed by atoms with Crippen molar-refractivity contribution >= 4 is 43.1 Å². The fraction of sp³-hybridized carbons (Fsp3) is 0. The van der Waals surface area contributed by atoms with Gasteiger partial charge in [0, 0.05) is 0 Å². The van der Waals surface area contributed by atoms with Crippen LogP contribution in [0.25, 0.3) is 87.6 Å². The third-order valence-corrected chi connectivity index (χ3v) is 9.42. The predicted molar refractivity (Wildman–Crippen MR) is 198 cm³/mol. The zero-order valence-corrected chi connectivity index (χ0v) is 25.3. The van der Waals surface area contributed by atoms with Crippen LogP contribution in [0.5, 0.6) is 0 Å². The zero-order chi connectivity index (χ0) is 30.5. The molecule has 9 aromatic rings. The van der Waals surface area contributed by atoms with E-state index in [0.29, 0.717) is 0 Å². The largest absolute Gasteiger partial charge is 0.0622 e. The number of fused-ring (bicyclic) bond motifs is 5. The molecule has 0 nitrogen and oxygen atoms in total. The maximum Gasteiger partial charge on any atom is -0.00266 e. The second kappa shape index (κ2) is 10.9. The first-order valence-electron chi connectivity index (χ1n) is 15.9. The summed E-state index contributed by atoms with van der Waals surface area (Å²) in [5.41, 5.74) is 10.00. The topological polar surface area (TPSA) is 0 Å². The summed E-state index contributed by atoms with van der Waals surface area (Å²) in [5.74, 6) is 0. The Morgan fingerprint density at radius 3 is 1.35 bits per heavy atom. The van der Waals surface area contributed by atoms with Crippen LogP contribution >= 0.6 is 0 Å². The lowest BCUT2D eigenvalue weighted by Gasteiger charge is -2.16. The van der Waals surface area contributed by atoms with Gasteiger partial charge in [0.15, 0.2) is 0 Å². The lowest BCUT2D eigenvalue weighted by atomic mass is 9.88. The molecule has 0 aliphatic heterocycles. The lowest BCUT2D eigenvalue weighted by molar-refractivity contribution is 1.61. The van der Waals surface area contributed by atoms with Crippen molar-refractivity contribution < 1.29 is 0 Å². The Hall–Kier alpha value is -5.98. The van der Waals surface area contributed by atoms with Crippen LogP contribution in [0.4, 0.5) is 0 Å². The van der Waals surface area contributed by atoms with Gasteiger partial charge in [-0.3, -0.25) is 0 Å². The highest BCUT2D eigenvalue weighted by Gasteiger charge is 2.14. The standard InChI is InChI=1S/C46H30/c1-3-11-31(12-4-1)43-26-21-33-15-9-10-18-42(33)46(43)39-23-25-41-37(28-39)20-19-36-27-38(22-24-40(36)41)45-30-35-17-8-7-16-34(35)29-44(45)32-13-5-2-6-14-32/h1-30H. The molecule has 0 amide bonds. The van der Waals surface area contributed by atoms with E-state index in [1.54, 1.807) is 0 Å². The van der Waals surface area contributed by atoms with Gasteiger partial charge in [0.1, 0.15) is 0 Å². The van der Waals surface area contributed by atoms with E-state index in [9.17, 15) is 0 Å². The fourth-order valence-corrected chi connectivity index (χ4v) is 7.17. The molecule has 0 saturated heterocycles. The quantitative estimate of drug-likeness (QED) is 0.181. The van der Waals surface area contributed by atoms with Crippen LogP contribution in [0.15, 0.2) is 182 Å². The van der Waals surface area contributed by atoms with Gasteiger partial charge in [0.05, 0.1) is 0 Å². The van der Waals surface area contributed by atoms with Gasteiger partial charge in [-0.1, -0.05) is 158 Å². The van der Waals surface area contributed by atoms with E-state index in [1.807, 2.05) is 0 Å². The number of hydrogen-bond donors (Lipinski definition) is 0. The summed E-state index contributed by atoms with van der Waals surface area (Å²) in [6.07, 6.45) is 0. The molecule has 0 spiro atoms. The highest BCUT2D eigenvalue weighted by molar-refractivity contribution is 6.12. The van der Waals surface area contributed by atoms with Crippen LogP contribution in [-0.2, 0) is 0 Å². The van der Waals surface area contributed by atoms with Gasteiger partial charge in [-0.15, -0.1) is 0 Å². The molecule has 0 aromatic heterocycles. The summed E-state index contributed by atoms with van der Waals surface area (Å²) in [5, 5.41) is 10.1. The van der Waals surface area contributed by atoms with E-state index in [-0.39, 0.29) is 0 Å². The monoisotopic (exact) mass is 582 g/mol. The summed E-state index contributed by atoms with van der Waals surface area (Å²) in [7, 11) is 0. The van der Waals surface area contributed by atoms with E-state index >= 15 is 0 Å². The van der Waals surface area contributed by atoms with E-state index in [2.05, 4.69) is 182 Å². The van der Waals surface area contributed by atoms with Crippen LogP contribution in [-0.4, -0.2) is 0 Å². The molecule has 0 aliphatic rings. The minimum Gasteiger partial charge on any atom is -0.0622 e. The van der Waals surface area contributed by atoms with Crippen molar-refractivity contribution in [1.29, 1.82) is 0 Å². The molecule has 9 rings (SSSR count). The smallest absolute Gasteiger partial charge is 0.00266 e. The summed E-state index contributed by atoms with van der Waals surface area (Å²) < 4.78 is 0. The first kappa shape index (κ1) is 26.4. The van der Waals surface area contributed by atoms with Crippen molar-refractivity contribution in [2.75, 3.05) is 0 Å². The molecule has 9 aromatic carbocycles. The molecule has 0 unspecified atom stereocenters. The second-order valence-corrected chi connectivity index (χ2v) is 12.1. The SMILES string of the molecule is c1ccc(-c2cc3ccccc3cc2-c2ccc3c(ccc4cc(-c5c(-c6ccccc6)ccc6ccccc56)ccc43)c2)cc1. The Balaban J connectivity index is 1.20. The minimum atomic E-state index is 1.23. The first-order chi connectivity index (χ1) is 22.8. The van der Waals surface area contributed by atoms with E-state index in [4.69, 9.17) is 0 Å². The molecule has 0 heterocycles. The van der Waals surface area contributed by atoms with Crippen LogP contribution in [0.1, 0.15) is 0 Å². The van der Waals surface area contributed by atoms with E-state index < -0.39 is 0 Å². The molecule has 0 atom stereocenters. The van der Waals surface area contributed by atoms with E-state index in [0.717, 1.165) is 0 Å². The van der Waals surface area contributed by atoms with Crippen LogP contribution in [0, 0.1) is 0 Å². The van der Waals surface area contributed by atoms with Gasteiger partial charge in [-0.25, -0.2) is 0 Å². The van der Waals surface area contributed by atoms with Gasteiger partial charge in [0.2, 0.25) is 0 Å². The Labute approximate surface area is 268 Å². The molecular weight excluding hydrogens is 553 g/mol. The van der Waals surface area contributed by atoms with E-state index in [1.165, 1.54) is 87.6 Å². The molecule has 0 N–H and O–H groups in total. The summed E-state index contributed by atoms with van der Waals surface area (Å²) in [6, 6.07) is 66.6. The maximum atomic E-state index is 2.37. The molecule has 0 radical (unpaired) electrons. The maximum absolute atomic E-state index is 2.37. The van der Waals surface area contributed by atoms with Crippen LogP contribution < -0.4 is 0 Å². The highest BCUT2D eigenvalue weighted by Crippen LogP contribution is 2.41. The lowest BCUT2D eigenvalue weighted by Crippen LogP contribution is -1.89. The van der Waals surface area contributed by atoms with Gasteiger partial charge in [-0.05, 0) is 112 Å². The Bertz CT molecular complexity index is 2560. The van der Waals surface area contributed by atoms with Crippen molar-refractivity contribution in [3.63, 3.8) is 0 Å². The molecule has 0 aliphatic carbocycles.